The Morgan fingerprint density at radius 3 is 2.61 bits per heavy atom. The number of benzene rings is 2. The molecule has 7 nitrogen and oxygen atoms in total. The number of amides is 1. The van der Waals surface area contributed by atoms with Gasteiger partial charge in [0.25, 0.3) is 0 Å². The lowest BCUT2D eigenvalue weighted by atomic mass is 9.92. The molecular weight excluding hydrogens is 360 g/mol. The van der Waals surface area contributed by atoms with Crippen LogP contribution < -0.4 is 15.4 Å². The molecule has 0 unspecified atom stereocenters. The zero-order valence-corrected chi connectivity index (χ0v) is 16.2. The molecule has 2 N–H and O–H groups in total. The monoisotopic (exact) mass is 384 g/mol. The molecular formula is C21H24N2O5. The molecule has 0 bridgehead atoms. The average Bonchev–Trinajstić information content (AvgIpc) is 2.71. The Balaban J connectivity index is 1.78. The molecule has 3 rings (SSSR count). The van der Waals surface area contributed by atoms with Crippen LogP contribution in [0.25, 0.3) is 0 Å². The summed E-state index contributed by atoms with van der Waals surface area (Å²) in [4.78, 5) is 24.3. The summed E-state index contributed by atoms with van der Waals surface area (Å²) < 4.78 is 15.5. The number of rotatable bonds is 5. The highest BCUT2D eigenvalue weighted by Gasteiger charge is 2.29. The largest absolute Gasteiger partial charge is 0.496 e. The predicted octanol–water partition coefficient (Wildman–Crippen LogP) is 3.65. The first-order valence-electron chi connectivity index (χ1n) is 9.05. The Morgan fingerprint density at radius 1 is 1.18 bits per heavy atom. The Kier molecular flexibility index (Phi) is 6.03. The Morgan fingerprint density at radius 2 is 1.93 bits per heavy atom. The van der Waals surface area contributed by atoms with E-state index in [2.05, 4.69) is 10.6 Å². The minimum atomic E-state index is -0.495. The van der Waals surface area contributed by atoms with Crippen LogP contribution in [-0.2, 0) is 16.1 Å². The van der Waals surface area contributed by atoms with Crippen molar-refractivity contribution in [3.63, 3.8) is 0 Å². The molecule has 0 fully saturated rings. The van der Waals surface area contributed by atoms with E-state index in [1.54, 1.807) is 12.1 Å². The van der Waals surface area contributed by atoms with Gasteiger partial charge in [0.2, 0.25) is 0 Å². The summed E-state index contributed by atoms with van der Waals surface area (Å²) in [7, 11) is 2.81. The van der Waals surface area contributed by atoms with Gasteiger partial charge in [-0.15, -0.1) is 0 Å². The van der Waals surface area contributed by atoms with E-state index < -0.39 is 12.1 Å². The van der Waals surface area contributed by atoms with Gasteiger partial charge in [-0.05, 0) is 31.0 Å². The SMILES string of the molecule is COC(=O)c1cc2c(cc1OC)[C@H](NC(=O)OCc1ccccc1)C[C@H](C)N2. The molecule has 0 aromatic heterocycles. The number of carbonyl (C=O) groups is 2. The maximum absolute atomic E-state index is 12.3. The van der Waals surface area contributed by atoms with Crippen molar-refractivity contribution >= 4 is 17.7 Å². The maximum atomic E-state index is 12.3. The van der Waals surface area contributed by atoms with Gasteiger partial charge in [-0.25, -0.2) is 9.59 Å². The smallest absolute Gasteiger partial charge is 0.407 e. The second kappa shape index (κ2) is 8.65. The van der Waals surface area contributed by atoms with Crippen molar-refractivity contribution in [2.75, 3.05) is 19.5 Å². The normalized spacial score (nSPS) is 17.7. The van der Waals surface area contributed by atoms with Crippen molar-refractivity contribution in [2.45, 2.75) is 32.0 Å². The highest BCUT2D eigenvalue weighted by Crippen LogP contribution is 2.37. The molecule has 0 saturated carbocycles. The van der Waals surface area contributed by atoms with Gasteiger partial charge in [0.05, 0.1) is 20.3 Å². The van der Waals surface area contributed by atoms with Crippen LogP contribution in [0.1, 0.15) is 40.9 Å². The van der Waals surface area contributed by atoms with E-state index >= 15 is 0 Å². The summed E-state index contributed by atoms with van der Waals surface area (Å²) in [5.41, 5.74) is 2.84. The van der Waals surface area contributed by atoms with Crippen LogP contribution >= 0.6 is 0 Å². The van der Waals surface area contributed by atoms with Crippen LogP contribution in [0.15, 0.2) is 42.5 Å². The number of carbonyl (C=O) groups excluding carboxylic acids is 2. The van der Waals surface area contributed by atoms with Crippen molar-refractivity contribution < 1.29 is 23.8 Å². The van der Waals surface area contributed by atoms with Gasteiger partial charge >= 0.3 is 12.1 Å². The number of methoxy groups -OCH3 is 2. The van der Waals surface area contributed by atoms with Gasteiger partial charge in [-0.3, -0.25) is 0 Å². The topological polar surface area (TPSA) is 85.9 Å². The minimum Gasteiger partial charge on any atom is -0.496 e. The molecule has 2 aromatic rings. The summed E-state index contributed by atoms with van der Waals surface area (Å²) in [5, 5.41) is 6.25. The fraction of sp³-hybridized carbons (Fsp3) is 0.333. The lowest BCUT2D eigenvalue weighted by Crippen LogP contribution is -2.36. The van der Waals surface area contributed by atoms with Gasteiger partial charge in [-0.2, -0.15) is 0 Å². The molecule has 1 aliphatic heterocycles. The molecule has 7 heteroatoms. The molecule has 1 aliphatic rings. The number of esters is 1. The third-order valence-electron chi connectivity index (χ3n) is 4.65. The molecule has 2 atom stereocenters. The van der Waals surface area contributed by atoms with E-state index in [4.69, 9.17) is 14.2 Å². The third kappa shape index (κ3) is 4.36. The Labute approximate surface area is 164 Å². The fourth-order valence-corrected chi connectivity index (χ4v) is 3.30. The first-order valence-corrected chi connectivity index (χ1v) is 9.05. The van der Waals surface area contributed by atoms with Crippen LogP contribution in [0.2, 0.25) is 0 Å². The minimum absolute atomic E-state index is 0.103. The van der Waals surface area contributed by atoms with Gasteiger partial charge in [-0.1, -0.05) is 30.3 Å². The molecule has 0 saturated heterocycles. The summed E-state index contributed by atoms with van der Waals surface area (Å²) in [5.74, 6) is -0.0853. The van der Waals surface area contributed by atoms with E-state index in [1.165, 1.54) is 14.2 Å². The first-order chi connectivity index (χ1) is 13.5. The number of nitrogens with one attached hydrogen (secondary N) is 2. The van der Waals surface area contributed by atoms with E-state index in [1.807, 2.05) is 37.3 Å². The second-order valence-electron chi connectivity index (χ2n) is 6.67. The van der Waals surface area contributed by atoms with E-state index in [0.29, 0.717) is 17.7 Å². The average molecular weight is 384 g/mol. The van der Waals surface area contributed by atoms with Crippen molar-refractivity contribution in [3.05, 3.63) is 59.2 Å². The van der Waals surface area contributed by atoms with Crippen molar-refractivity contribution in [1.29, 1.82) is 0 Å². The zero-order valence-electron chi connectivity index (χ0n) is 16.2. The number of anilines is 1. The molecule has 0 radical (unpaired) electrons. The lowest BCUT2D eigenvalue weighted by Gasteiger charge is -2.32. The summed E-state index contributed by atoms with van der Waals surface area (Å²) >= 11 is 0. The summed E-state index contributed by atoms with van der Waals surface area (Å²) in [6, 6.07) is 12.8. The van der Waals surface area contributed by atoms with Crippen molar-refractivity contribution in [2.24, 2.45) is 0 Å². The molecule has 0 spiro atoms. The quantitative estimate of drug-likeness (QED) is 0.766. The van der Waals surface area contributed by atoms with E-state index in [-0.39, 0.29) is 18.7 Å². The number of fused-ring (bicyclic) bond motifs is 1. The van der Waals surface area contributed by atoms with Gasteiger partial charge < -0.3 is 24.8 Å². The van der Waals surface area contributed by atoms with Crippen LogP contribution in [0.3, 0.4) is 0 Å². The summed E-state index contributed by atoms with van der Waals surface area (Å²) in [6.07, 6.45) is 0.179. The van der Waals surface area contributed by atoms with Crippen molar-refractivity contribution in [1.82, 2.24) is 5.32 Å². The standard InChI is InChI=1S/C21H24N2O5/c1-13-9-17(23-21(25)28-12-14-7-5-4-6-8-14)15-11-19(26-2)16(20(24)27-3)10-18(15)22-13/h4-8,10-11,13,17,22H,9,12H2,1-3H3,(H,23,25)/t13-,17+/m0/s1. The van der Waals surface area contributed by atoms with Crippen LogP contribution in [0, 0.1) is 0 Å². The van der Waals surface area contributed by atoms with Crippen molar-refractivity contribution in [3.8, 4) is 5.75 Å². The summed E-state index contributed by atoms with van der Waals surface area (Å²) in [6.45, 7) is 2.21. The molecule has 1 heterocycles. The number of ether oxygens (including phenoxy) is 3. The highest BCUT2D eigenvalue weighted by atomic mass is 16.5. The van der Waals surface area contributed by atoms with Crippen LogP contribution in [0.4, 0.5) is 10.5 Å². The number of hydrogen-bond donors (Lipinski definition) is 2. The maximum Gasteiger partial charge on any atom is 0.407 e. The van der Waals surface area contributed by atoms with E-state index in [0.717, 1.165) is 16.8 Å². The van der Waals surface area contributed by atoms with Gasteiger partial charge in [0.1, 0.15) is 17.9 Å². The molecule has 1 amide bonds. The van der Waals surface area contributed by atoms with Crippen LogP contribution in [-0.4, -0.2) is 32.3 Å². The number of alkyl carbamates (subject to hydrolysis) is 1. The lowest BCUT2D eigenvalue weighted by molar-refractivity contribution is 0.0597. The predicted molar refractivity (Wildman–Crippen MR) is 105 cm³/mol. The highest BCUT2D eigenvalue weighted by molar-refractivity contribution is 5.94. The molecule has 28 heavy (non-hydrogen) atoms. The first kappa shape index (κ1) is 19.5. The van der Waals surface area contributed by atoms with Crippen LogP contribution in [0.5, 0.6) is 5.75 Å². The molecule has 2 aromatic carbocycles. The fourth-order valence-electron chi connectivity index (χ4n) is 3.30. The zero-order chi connectivity index (χ0) is 20.1. The molecule has 148 valence electrons. The Bertz CT molecular complexity index is 853. The second-order valence-corrected chi connectivity index (χ2v) is 6.67. The Hall–Kier alpha value is -3.22. The molecule has 0 aliphatic carbocycles. The van der Waals surface area contributed by atoms with Gasteiger partial charge in [0.15, 0.2) is 0 Å². The van der Waals surface area contributed by atoms with Gasteiger partial charge in [0, 0.05) is 17.3 Å². The number of hydrogen-bond acceptors (Lipinski definition) is 6. The van der Waals surface area contributed by atoms with E-state index in [9.17, 15) is 9.59 Å². The third-order valence-corrected chi connectivity index (χ3v) is 4.65.